The predicted molar refractivity (Wildman–Crippen MR) is 106 cm³/mol. The first-order valence-electron chi connectivity index (χ1n) is 8.37. The van der Waals surface area contributed by atoms with E-state index < -0.39 is 10.0 Å². The summed E-state index contributed by atoms with van der Waals surface area (Å²) in [6, 6.07) is 14.6. The van der Waals surface area contributed by atoms with Crippen LogP contribution >= 0.6 is 11.6 Å². The SMILES string of the molecule is CCc1ccc(N(CC(=O)NCCc2cccc(Cl)c2)S(C)(=O)=O)cc1. The van der Waals surface area contributed by atoms with Crippen LogP contribution in [0.3, 0.4) is 0 Å². The second-order valence-corrected chi connectivity index (χ2v) is 8.36. The molecule has 0 radical (unpaired) electrons. The summed E-state index contributed by atoms with van der Waals surface area (Å²) in [5.41, 5.74) is 2.59. The third kappa shape index (κ3) is 6.04. The molecule has 0 spiro atoms. The molecule has 5 nitrogen and oxygen atoms in total. The maximum atomic E-state index is 12.2. The minimum atomic E-state index is -3.56. The molecule has 0 saturated carbocycles. The molecule has 2 aromatic carbocycles. The minimum Gasteiger partial charge on any atom is -0.354 e. The molecule has 140 valence electrons. The Kier molecular flexibility index (Phi) is 7.06. The summed E-state index contributed by atoms with van der Waals surface area (Å²) in [5.74, 6) is -0.350. The van der Waals surface area contributed by atoms with Gasteiger partial charge in [-0.1, -0.05) is 42.8 Å². The zero-order valence-electron chi connectivity index (χ0n) is 14.9. The van der Waals surface area contributed by atoms with Crippen molar-refractivity contribution in [3.8, 4) is 0 Å². The van der Waals surface area contributed by atoms with Crippen LogP contribution in [0.2, 0.25) is 5.02 Å². The third-order valence-electron chi connectivity index (χ3n) is 3.94. The van der Waals surface area contributed by atoms with E-state index in [1.165, 1.54) is 0 Å². The number of carbonyl (C=O) groups is 1. The van der Waals surface area contributed by atoms with Gasteiger partial charge < -0.3 is 5.32 Å². The molecule has 0 aromatic heterocycles. The van der Waals surface area contributed by atoms with Crippen molar-refractivity contribution >= 4 is 33.2 Å². The Labute approximate surface area is 160 Å². The van der Waals surface area contributed by atoms with Gasteiger partial charge in [-0.15, -0.1) is 0 Å². The number of rotatable bonds is 8. The van der Waals surface area contributed by atoms with E-state index in [0.29, 0.717) is 23.7 Å². The third-order valence-corrected chi connectivity index (χ3v) is 5.32. The van der Waals surface area contributed by atoms with Crippen LogP contribution in [0.5, 0.6) is 0 Å². The van der Waals surface area contributed by atoms with Gasteiger partial charge in [-0.05, 0) is 48.2 Å². The van der Waals surface area contributed by atoms with Gasteiger partial charge in [0, 0.05) is 11.6 Å². The summed E-state index contributed by atoms with van der Waals surface area (Å²) in [4.78, 5) is 12.2. The van der Waals surface area contributed by atoms with Crippen LogP contribution in [0.15, 0.2) is 48.5 Å². The quantitative estimate of drug-likeness (QED) is 0.748. The lowest BCUT2D eigenvalue weighted by molar-refractivity contribution is -0.119. The molecule has 0 aliphatic heterocycles. The molecule has 0 heterocycles. The summed E-state index contributed by atoms with van der Waals surface area (Å²) >= 11 is 5.93. The Balaban J connectivity index is 1.98. The Morgan fingerprint density at radius 1 is 1.12 bits per heavy atom. The molecule has 1 N–H and O–H groups in total. The van der Waals surface area contributed by atoms with Crippen LogP contribution in [0.25, 0.3) is 0 Å². The first-order chi connectivity index (χ1) is 12.3. The van der Waals surface area contributed by atoms with Crippen LogP contribution in [0.4, 0.5) is 5.69 Å². The maximum absolute atomic E-state index is 12.2. The first-order valence-corrected chi connectivity index (χ1v) is 10.6. The maximum Gasteiger partial charge on any atom is 0.240 e. The van der Waals surface area contributed by atoms with Crippen molar-refractivity contribution in [3.63, 3.8) is 0 Å². The van der Waals surface area contributed by atoms with Gasteiger partial charge in [0.05, 0.1) is 11.9 Å². The number of anilines is 1. The van der Waals surface area contributed by atoms with Gasteiger partial charge in [0.25, 0.3) is 0 Å². The molecule has 0 atom stereocenters. The average Bonchev–Trinajstić information content (AvgIpc) is 2.59. The molecule has 7 heteroatoms. The van der Waals surface area contributed by atoms with Crippen LogP contribution in [0, 0.1) is 0 Å². The standard InChI is InChI=1S/C19H23ClN2O3S/c1-3-15-7-9-18(10-8-15)22(26(2,24)25)14-19(23)21-12-11-16-5-4-6-17(20)13-16/h4-10,13H,3,11-12,14H2,1-2H3,(H,21,23). The Morgan fingerprint density at radius 3 is 2.38 bits per heavy atom. The fraction of sp³-hybridized carbons (Fsp3) is 0.316. The second kappa shape index (κ2) is 9.05. The number of hydrogen-bond acceptors (Lipinski definition) is 3. The summed E-state index contributed by atoms with van der Waals surface area (Å²) < 4.78 is 25.3. The van der Waals surface area contributed by atoms with Crippen molar-refractivity contribution in [1.82, 2.24) is 5.32 Å². The van der Waals surface area contributed by atoms with Gasteiger partial charge in [0.15, 0.2) is 0 Å². The Bertz CT molecular complexity index is 851. The van der Waals surface area contributed by atoms with E-state index in [1.54, 1.807) is 18.2 Å². The van der Waals surface area contributed by atoms with Gasteiger partial charge in [-0.25, -0.2) is 8.42 Å². The summed E-state index contributed by atoms with van der Waals surface area (Å²) in [6.45, 7) is 2.18. The van der Waals surface area contributed by atoms with Crippen molar-refractivity contribution < 1.29 is 13.2 Å². The number of sulfonamides is 1. The molecule has 2 aromatic rings. The van der Waals surface area contributed by atoms with Crippen LogP contribution in [0.1, 0.15) is 18.1 Å². The highest BCUT2D eigenvalue weighted by molar-refractivity contribution is 7.92. The topological polar surface area (TPSA) is 66.5 Å². The lowest BCUT2D eigenvalue weighted by Crippen LogP contribution is -2.40. The lowest BCUT2D eigenvalue weighted by atomic mass is 10.1. The Morgan fingerprint density at radius 2 is 1.81 bits per heavy atom. The number of benzene rings is 2. The molecule has 0 unspecified atom stereocenters. The molecule has 0 bridgehead atoms. The fourth-order valence-electron chi connectivity index (χ4n) is 2.52. The average molecular weight is 395 g/mol. The number of hydrogen-bond donors (Lipinski definition) is 1. The number of aryl methyl sites for hydroxylation is 1. The van der Waals surface area contributed by atoms with Crippen molar-refractivity contribution in [2.75, 3.05) is 23.7 Å². The molecule has 1 amide bonds. The molecular weight excluding hydrogens is 372 g/mol. The van der Waals surface area contributed by atoms with E-state index in [-0.39, 0.29) is 12.5 Å². The summed E-state index contributed by atoms with van der Waals surface area (Å²) in [7, 11) is -3.56. The van der Waals surface area contributed by atoms with E-state index in [2.05, 4.69) is 5.32 Å². The number of halogens is 1. The zero-order valence-corrected chi connectivity index (χ0v) is 16.5. The summed E-state index contributed by atoms with van der Waals surface area (Å²) in [5, 5.41) is 3.40. The largest absolute Gasteiger partial charge is 0.354 e. The highest BCUT2D eigenvalue weighted by Crippen LogP contribution is 2.18. The molecule has 0 aliphatic rings. The molecule has 0 fully saturated rings. The molecular formula is C19H23ClN2O3S. The molecule has 0 saturated heterocycles. The summed E-state index contributed by atoms with van der Waals surface area (Å²) in [6.07, 6.45) is 2.58. The Hall–Kier alpha value is -2.05. The fourth-order valence-corrected chi connectivity index (χ4v) is 3.59. The minimum absolute atomic E-state index is 0.250. The van der Waals surface area contributed by atoms with E-state index in [9.17, 15) is 13.2 Å². The van der Waals surface area contributed by atoms with Crippen molar-refractivity contribution in [3.05, 3.63) is 64.7 Å². The zero-order chi connectivity index (χ0) is 19.2. The number of amides is 1. The van der Waals surface area contributed by atoms with Gasteiger partial charge in [0.1, 0.15) is 6.54 Å². The number of carbonyl (C=O) groups excluding carboxylic acids is 1. The number of nitrogens with one attached hydrogen (secondary N) is 1. The predicted octanol–water partition coefficient (Wildman–Crippen LogP) is 3.03. The van der Waals surface area contributed by atoms with Crippen molar-refractivity contribution in [2.24, 2.45) is 0 Å². The number of nitrogens with zero attached hydrogens (tertiary/aromatic N) is 1. The molecule has 26 heavy (non-hydrogen) atoms. The smallest absolute Gasteiger partial charge is 0.240 e. The van der Waals surface area contributed by atoms with Gasteiger partial charge >= 0.3 is 0 Å². The van der Waals surface area contributed by atoms with Gasteiger partial charge in [-0.3, -0.25) is 9.10 Å². The highest BCUT2D eigenvalue weighted by Gasteiger charge is 2.20. The van der Waals surface area contributed by atoms with Crippen molar-refractivity contribution in [2.45, 2.75) is 19.8 Å². The normalized spacial score (nSPS) is 11.2. The van der Waals surface area contributed by atoms with E-state index >= 15 is 0 Å². The first kappa shape index (κ1) is 20.3. The highest BCUT2D eigenvalue weighted by atomic mass is 35.5. The van der Waals surface area contributed by atoms with E-state index in [4.69, 9.17) is 11.6 Å². The van der Waals surface area contributed by atoms with Crippen LogP contribution in [-0.4, -0.2) is 33.7 Å². The van der Waals surface area contributed by atoms with Gasteiger partial charge in [0.2, 0.25) is 15.9 Å². The van der Waals surface area contributed by atoms with E-state index in [1.807, 2.05) is 37.3 Å². The van der Waals surface area contributed by atoms with Crippen LogP contribution < -0.4 is 9.62 Å². The molecule has 2 rings (SSSR count). The van der Waals surface area contributed by atoms with Crippen molar-refractivity contribution in [1.29, 1.82) is 0 Å². The van der Waals surface area contributed by atoms with E-state index in [0.717, 1.165) is 28.1 Å². The molecule has 0 aliphatic carbocycles. The lowest BCUT2D eigenvalue weighted by Gasteiger charge is -2.22. The monoisotopic (exact) mass is 394 g/mol. The second-order valence-electron chi connectivity index (χ2n) is 6.02. The van der Waals surface area contributed by atoms with Gasteiger partial charge in [-0.2, -0.15) is 0 Å². The van der Waals surface area contributed by atoms with Crippen LogP contribution in [-0.2, 0) is 27.7 Å².